The summed E-state index contributed by atoms with van der Waals surface area (Å²) in [6.45, 7) is 3.81. The van der Waals surface area contributed by atoms with Crippen LogP contribution in [0.5, 0.6) is 0 Å². The first-order valence-corrected chi connectivity index (χ1v) is 9.69. The number of benzene rings is 1. The summed E-state index contributed by atoms with van der Waals surface area (Å²) in [6, 6.07) is 12.6. The zero-order valence-electron chi connectivity index (χ0n) is 14.1. The second-order valence-corrected chi connectivity index (χ2v) is 7.81. The molecular formula is C18H20N4O2S. The van der Waals surface area contributed by atoms with E-state index < -0.39 is 10.0 Å². The van der Waals surface area contributed by atoms with Crippen LogP contribution in [0.15, 0.2) is 47.5 Å². The number of hydrogen-bond acceptors (Lipinski definition) is 5. The third-order valence-electron chi connectivity index (χ3n) is 4.41. The molecule has 25 heavy (non-hydrogen) atoms. The van der Waals surface area contributed by atoms with E-state index in [-0.39, 0.29) is 0 Å². The van der Waals surface area contributed by atoms with Crippen LogP contribution in [0.25, 0.3) is 0 Å². The molecule has 6 nitrogen and oxygen atoms in total. The number of pyridine rings is 1. The van der Waals surface area contributed by atoms with Gasteiger partial charge in [-0.25, -0.2) is 13.4 Å². The quantitative estimate of drug-likeness (QED) is 0.838. The average Bonchev–Trinajstić information content (AvgIpc) is 2.68. The molecule has 1 saturated heterocycles. The van der Waals surface area contributed by atoms with Crippen molar-refractivity contribution in [1.29, 1.82) is 5.26 Å². The van der Waals surface area contributed by atoms with Gasteiger partial charge in [0.25, 0.3) is 0 Å². The van der Waals surface area contributed by atoms with E-state index in [9.17, 15) is 13.7 Å². The molecule has 2 heterocycles. The Balaban J connectivity index is 1.74. The third kappa shape index (κ3) is 3.50. The van der Waals surface area contributed by atoms with E-state index in [0.717, 1.165) is 12.0 Å². The summed E-state index contributed by atoms with van der Waals surface area (Å²) in [5, 5.41) is 9.20. The van der Waals surface area contributed by atoms with Crippen molar-refractivity contribution in [2.75, 3.05) is 31.1 Å². The van der Waals surface area contributed by atoms with E-state index >= 15 is 0 Å². The van der Waals surface area contributed by atoms with Crippen LogP contribution < -0.4 is 4.90 Å². The molecule has 0 N–H and O–H groups in total. The van der Waals surface area contributed by atoms with Crippen molar-refractivity contribution in [3.63, 3.8) is 0 Å². The van der Waals surface area contributed by atoms with Crippen molar-refractivity contribution >= 4 is 15.8 Å². The molecule has 3 rings (SSSR count). The Kier molecular flexibility index (Phi) is 5.02. The average molecular weight is 356 g/mol. The zero-order chi connectivity index (χ0) is 17.9. The van der Waals surface area contributed by atoms with Gasteiger partial charge in [-0.05, 0) is 36.2 Å². The van der Waals surface area contributed by atoms with Crippen LogP contribution in [0.4, 0.5) is 5.82 Å². The Morgan fingerprint density at radius 1 is 1.12 bits per heavy atom. The van der Waals surface area contributed by atoms with Gasteiger partial charge in [0.05, 0.1) is 10.5 Å². The van der Waals surface area contributed by atoms with Gasteiger partial charge in [-0.3, -0.25) is 0 Å². The first-order valence-electron chi connectivity index (χ1n) is 8.25. The number of aryl methyl sites for hydroxylation is 1. The van der Waals surface area contributed by atoms with Crippen LogP contribution in [0.1, 0.15) is 18.1 Å². The summed E-state index contributed by atoms with van der Waals surface area (Å²) in [6.07, 6.45) is 2.53. The number of sulfonamides is 1. The van der Waals surface area contributed by atoms with Crippen molar-refractivity contribution in [3.8, 4) is 6.07 Å². The SMILES string of the molecule is CCc1ccc(S(=O)(=O)N2CCN(c3ncccc3C#N)CC2)cc1. The highest BCUT2D eigenvalue weighted by atomic mass is 32.2. The second kappa shape index (κ2) is 7.21. The van der Waals surface area contributed by atoms with Crippen molar-refractivity contribution in [1.82, 2.24) is 9.29 Å². The Morgan fingerprint density at radius 3 is 2.40 bits per heavy atom. The summed E-state index contributed by atoms with van der Waals surface area (Å²) in [7, 11) is -3.49. The van der Waals surface area contributed by atoms with Crippen molar-refractivity contribution in [3.05, 3.63) is 53.7 Å². The van der Waals surface area contributed by atoms with Gasteiger partial charge in [0.2, 0.25) is 10.0 Å². The van der Waals surface area contributed by atoms with E-state index in [4.69, 9.17) is 0 Å². The maximum atomic E-state index is 12.8. The molecule has 0 bridgehead atoms. The molecular weight excluding hydrogens is 336 g/mol. The molecule has 0 unspecified atom stereocenters. The van der Waals surface area contributed by atoms with Crippen LogP contribution in [-0.4, -0.2) is 43.9 Å². The minimum atomic E-state index is -3.49. The fraction of sp³-hybridized carbons (Fsp3) is 0.333. The number of rotatable bonds is 4. The Labute approximate surface area is 148 Å². The molecule has 1 fully saturated rings. The lowest BCUT2D eigenvalue weighted by atomic mass is 10.2. The van der Waals surface area contributed by atoms with Crippen molar-refractivity contribution in [2.24, 2.45) is 0 Å². The number of nitriles is 1. The van der Waals surface area contributed by atoms with Gasteiger partial charge in [0.1, 0.15) is 11.9 Å². The molecule has 2 aromatic rings. The van der Waals surface area contributed by atoms with Gasteiger partial charge in [0.15, 0.2) is 0 Å². The minimum absolute atomic E-state index is 0.328. The lowest BCUT2D eigenvalue weighted by Gasteiger charge is -2.35. The van der Waals surface area contributed by atoms with Gasteiger partial charge in [-0.15, -0.1) is 0 Å². The lowest BCUT2D eigenvalue weighted by molar-refractivity contribution is 0.383. The maximum absolute atomic E-state index is 12.8. The zero-order valence-corrected chi connectivity index (χ0v) is 14.9. The van der Waals surface area contributed by atoms with E-state index in [1.807, 2.05) is 24.0 Å². The Morgan fingerprint density at radius 2 is 1.80 bits per heavy atom. The lowest BCUT2D eigenvalue weighted by Crippen LogP contribution is -2.49. The number of hydrogen-bond donors (Lipinski definition) is 0. The first-order chi connectivity index (χ1) is 12.1. The highest BCUT2D eigenvalue weighted by Gasteiger charge is 2.29. The summed E-state index contributed by atoms with van der Waals surface area (Å²) in [5.74, 6) is 0.620. The normalized spacial score (nSPS) is 15.8. The maximum Gasteiger partial charge on any atom is 0.243 e. The van der Waals surface area contributed by atoms with Crippen LogP contribution in [0.3, 0.4) is 0 Å². The molecule has 0 aliphatic carbocycles. The van der Waals surface area contributed by atoms with Gasteiger partial charge in [0, 0.05) is 32.4 Å². The third-order valence-corrected chi connectivity index (χ3v) is 6.33. The van der Waals surface area contributed by atoms with E-state index in [1.165, 1.54) is 4.31 Å². The molecule has 1 aliphatic heterocycles. The summed E-state index contributed by atoms with van der Waals surface area (Å²) in [4.78, 5) is 6.56. The standard InChI is InChI=1S/C18H20N4O2S/c1-2-15-5-7-17(8-6-15)25(23,24)22-12-10-21(11-13-22)18-16(14-19)4-3-9-20-18/h3-9H,2,10-13H2,1H3. The smallest absolute Gasteiger partial charge is 0.243 e. The molecule has 0 amide bonds. The molecule has 0 saturated carbocycles. The number of aromatic nitrogens is 1. The minimum Gasteiger partial charge on any atom is -0.353 e. The van der Waals surface area contributed by atoms with Crippen LogP contribution in [0, 0.1) is 11.3 Å². The molecule has 0 spiro atoms. The van der Waals surface area contributed by atoms with Crippen LogP contribution >= 0.6 is 0 Å². The molecule has 130 valence electrons. The van der Waals surface area contributed by atoms with Crippen molar-refractivity contribution in [2.45, 2.75) is 18.2 Å². The van der Waals surface area contributed by atoms with Gasteiger partial charge in [-0.2, -0.15) is 9.57 Å². The highest BCUT2D eigenvalue weighted by molar-refractivity contribution is 7.89. The second-order valence-electron chi connectivity index (χ2n) is 5.88. The van der Waals surface area contributed by atoms with E-state index in [2.05, 4.69) is 11.1 Å². The van der Waals surface area contributed by atoms with E-state index in [1.54, 1.807) is 30.5 Å². The number of anilines is 1. The van der Waals surface area contributed by atoms with Gasteiger partial charge in [-0.1, -0.05) is 19.1 Å². The summed E-state index contributed by atoms with van der Waals surface area (Å²) in [5.41, 5.74) is 1.62. The van der Waals surface area contributed by atoms with E-state index in [0.29, 0.717) is 42.5 Å². The van der Waals surface area contributed by atoms with Crippen LogP contribution in [-0.2, 0) is 16.4 Å². The molecule has 1 aromatic heterocycles. The fourth-order valence-electron chi connectivity index (χ4n) is 2.92. The van der Waals surface area contributed by atoms with Crippen molar-refractivity contribution < 1.29 is 8.42 Å². The fourth-order valence-corrected chi connectivity index (χ4v) is 4.34. The molecule has 7 heteroatoms. The van der Waals surface area contributed by atoms with Crippen LogP contribution in [0.2, 0.25) is 0 Å². The Hall–Kier alpha value is -2.43. The highest BCUT2D eigenvalue weighted by Crippen LogP contribution is 2.22. The largest absolute Gasteiger partial charge is 0.353 e. The first kappa shape index (κ1) is 17.4. The number of piperazine rings is 1. The number of nitrogens with zero attached hydrogens (tertiary/aromatic N) is 4. The predicted molar refractivity (Wildman–Crippen MR) is 95.7 cm³/mol. The molecule has 1 aliphatic rings. The Bertz CT molecular complexity index is 880. The topological polar surface area (TPSA) is 77.3 Å². The summed E-state index contributed by atoms with van der Waals surface area (Å²) >= 11 is 0. The molecule has 1 aromatic carbocycles. The summed E-state index contributed by atoms with van der Waals surface area (Å²) < 4.78 is 27.1. The molecule has 0 radical (unpaired) electrons. The van der Waals surface area contributed by atoms with Gasteiger partial charge >= 0.3 is 0 Å². The monoisotopic (exact) mass is 356 g/mol. The predicted octanol–water partition coefficient (Wildman–Crippen LogP) is 2.03. The molecule has 0 atom stereocenters. The van der Waals surface area contributed by atoms with Gasteiger partial charge < -0.3 is 4.90 Å².